The molecule has 1 N–H and O–H groups in total. The van der Waals surface area contributed by atoms with Crippen LogP contribution >= 0.6 is 0 Å². The van der Waals surface area contributed by atoms with Gasteiger partial charge in [0.25, 0.3) is 0 Å². The van der Waals surface area contributed by atoms with E-state index in [0.717, 1.165) is 5.56 Å². The summed E-state index contributed by atoms with van der Waals surface area (Å²) < 4.78 is 5.00. The van der Waals surface area contributed by atoms with Gasteiger partial charge in [-0.3, -0.25) is 14.4 Å². The Morgan fingerprint density at radius 2 is 1.80 bits per heavy atom. The molecular weight excluding hydrogens is 258 g/mol. The lowest BCUT2D eigenvalue weighted by Gasteiger charge is -2.10. The van der Waals surface area contributed by atoms with Crippen molar-refractivity contribution in [3.05, 3.63) is 29.8 Å². The zero-order valence-corrected chi connectivity index (χ0v) is 11.9. The van der Waals surface area contributed by atoms with E-state index in [2.05, 4.69) is 5.32 Å². The summed E-state index contributed by atoms with van der Waals surface area (Å²) >= 11 is 0. The number of hydrogen-bond donors (Lipinski definition) is 1. The second-order valence-corrected chi connectivity index (χ2v) is 4.53. The average molecular weight is 277 g/mol. The third-order valence-corrected chi connectivity index (χ3v) is 2.91. The van der Waals surface area contributed by atoms with Crippen LogP contribution in [0.2, 0.25) is 0 Å². The Balaban J connectivity index is 2.56. The molecule has 1 aromatic carbocycles. The van der Waals surface area contributed by atoms with Crippen molar-refractivity contribution in [2.45, 2.75) is 33.8 Å². The second-order valence-electron chi connectivity index (χ2n) is 4.53. The first-order valence-corrected chi connectivity index (χ1v) is 6.50. The highest BCUT2D eigenvalue weighted by atomic mass is 16.5. The highest BCUT2D eigenvalue weighted by molar-refractivity contribution is 6.06. The molecule has 0 spiro atoms. The molecule has 0 bridgehead atoms. The maximum atomic E-state index is 11.7. The Kier molecular flexibility index (Phi) is 5.90. The van der Waals surface area contributed by atoms with Crippen LogP contribution in [-0.2, 0) is 25.7 Å². The van der Waals surface area contributed by atoms with Gasteiger partial charge in [-0.2, -0.15) is 0 Å². The number of rotatable bonds is 6. The van der Waals surface area contributed by atoms with Gasteiger partial charge in [-0.1, -0.05) is 19.1 Å². The highest BCUT2D eigenvalue weighted by Crippen LogP contribution is 2.12. The van der Waals surface area contributed by atoms with Crippen molar-refractivity contribution in [2.24, 2.45) is 5.92 Å². The summed E-state index contributed by atoms with van der Waals surface area (Å²) in [5.41, 5.74) is 1.44. The number of benzene rings is 1. The fourth-order valence-corrected chi connectivity index (χ4v) is 1.39. The number of anilines is 1. The zero-order chi connectivity index (χ0) is 15.1. The van der Waals surface area contributed by atoms with Crippen molar-refractivity contribution in [3.63, 3.8) is 0 Å². The molecule has 0 aromatic heterocycles. The molecule has 0 saturated carbocycles. The van der Waals surface area contributed by atoms with Gasteiger partial charge in [0.15, 0.2) is 0 Å². The van der Waals surface area contributed by atoms with Gasteiger partial charge in [0.05, 0.1) is 5.92 Å². The van der Waals surface area contributed by atoms with E-state index in [1.54, 1.807) is 38.1 Å². The predicted molar refractivity (Wildman–Crippen MR) is 75.0 cm³/mol. The summed E-state index contributed by atoms with van der Waals surface area (Å²) in [7, 11) is 0. The molecule has 1 atom stereocenters. The minimum Gasteiger partial charge on any atom is -0.461 e. The minimum absolute atomic E-state index is 0.175. The summed E-state index contributed by atoms with van der Waals surface area (Å²) in [6.45, 7) is 4.90. The normalized spacial score (nSPS) is 11.6. The van der Waals surface area contributed by atoms with Crippen molar-refractivity contribution in [1.82, 2.24) is 0 Å². The Hall–Kier alpha value is -2.17. The number of Topliss-reactive ketones (excluding diaryl/α,β-unsaturated/α-hetero) is 1. The average Bonchev–Trinajstić information content (AvgIpc) is 2.45. The van der Waals surface area contributed by atoms with Crippen LogP contribution in [-0.4, -0.2) is 17.7 Å². The monoisotopic (exact) mass is 277 g/mol. The van der Waals surface area contributed by atoms with Crippen LogP contribution in [0.5, 0.6) is 0 Å². The number of ether oxygens (including phenoxy) is 1. The van der Waals surface area contributed by atoms with E-state index < -0.39 is 5.92 Å². The Labute approximate surface area is 118 Å². The second kappa shape index (κ2) is 7.43. The largest absolute Gasteiger partial charge is 0.461 e. The zero-order valence-electron chi connectivity index (χ0n) is 11.9. The van der Waals surface area contributed by atoms with Crippen molar-refractivity contribution in [2.75, 3.05) is 5.32 Å². The smallest absolute Gasteiger partial charge is 0.305 e. The number of carbonyl (C=O) groups excluding carboxylic acids is 3. The first-order valence-electron chi connectivity index (χ1n) is 6.50. The van der Waals surface area contributed by atoms with Crippen molar-refractivity contribution in [1.29, 1.82) is 0 Å². The summed E-state index contributed by atoms with van der Waals surface area (Å²) in [5, 5.41) is 2.66. The van der Waals surface area contributed by atoms with Gasteiger partial charge in [0.1, 0.15) is 12.4 Å². The lowest BCUT2D eigenvalue weighted by atomic mass is 10.1. The van der Waals surface area contributed by atoms with Crippen LogP contribution in [0.1, 0.15) is 32.8 Å². The quantitative estimate of drug-likeness (QED) is 0.639. The lowest BCUT2D eigenvalue weighted by Crippen LogP contribution is -2.25. The van der Waals surface area contributed by atoms with E-state index in [1.165, 1.54) is 6.92 Å². The standard InChI is InChI=1S/C15H19NO4/c1-4-14(18)20-9-12-5-7-13(8-6-12)16-15(19)10(2)11(3)17/h5-8,10H,4,9H2,1-3H3,(H,16,19). The molecule has 0 fully saturated rings. The molecule has 1 rings (SSSR count). The Morgan fingerprint density at radius 3 is 2.30 bits per heavy atom. The molecule has 20 heavy (non-hydrogen) atoms. The molecule has 0 aliphatic heterocycles. The van der Waals surface area contributed by atoms with Crippen molar-refractivity contribution >= 4 is 23.3 Å². The number of amides is 1. The van der Waals surface area contributed by atoms with Gasteiger partial charge in [-0.25, -0.2) is 0 Å². The van der Waals surface area contributed by atoms with Gasteiger partial charge in [-0.15, -0.1) is 0 Å². The third-order valence-electron chi connectivity index (χ3n) is 2.91. The fourth-order valence-electron chi connectivity index (χ4n) is 1.39. The maximum Gasteiger partial charge on any atom is 0.305 e. The number of esters is 1. The fraction of sp³-hybridized carbons (Fsp3) is 0.400. The van der Waals surface area contributed by atoms with Gasteiger partial charge in [-0.05, 0) is 31.5 Å². The summed E-state index contributed by atoms with van der Waals surface area (Å²) in [5.74, 6) is -1.42. The molecular formula is C15H19NO4. The maximum absolute atomic E-state index is 11.7. The van der Waals surface area contributed by atoms with Crippen LogP contribution in [0, 0.1) is 5.92 Å². The van der Waals surface area contributed by atoms with E-state index in [9.17, 15) is 14.4 Å². The molecule has 0 saturated heterocycles. The summed E-state index contributed by atoms with van der Waals surface area (Å²) in [6, 6.07) is 6.94. The van der Waals surface area contributed by atoms with E-state index in [1.807, 2.05) is 0 Å². The molecule has 0 aliphatic rings. The van der Waals surface area contributed by atoms with Gasteiger partial charge in [0.2, 0.25) is 5.91 Å². The third kappa shape index (κ3) is 4.84. The van der Waals surface area contributed by atoms with Crippen molar-refractivity contribution < 1.29 is 19.1 Å². The molecule has 1 amide bonds. The summed E-state index contributed by atoms with van der Waals surface area (Å²) in [6.07, 6.45) is 0.344. The van der Waals surface area contributed by atoms with Crippen LogP contribution in [0.25, 0.3) is 0 Å². The van der Waals surface area contributed by atoms with Gasteiger partial charge in [0, 0.05) is 12.1 Å². The minimum atomic E-state index is -0.666. The lowest BCUT2D eigenvalue weighted by molar-refractivity contribution is -0.144. The van der Waals surface area contributed by atoms with Crippen LogP contribution < -0.4 is 5.32 Å². The first-order chi connectivity index (χ1) is 9.43. The number of hydrogen-bond acceptors (Lipinski definition) is 4. The summed E-state index contributed by atoms with van der Waals surface area (Å²) in [4.78, 5) is 33.8. The van der Waals surface area contributed by atoms with Gasteiger partial charge >= 0.3 is 5.97 Å². The molecule has 0 aliphatic carbocycles. The highest BCUT2D eigenvalue weighted by Gasteiger charge is 2.17. The molecule has 108 valence electrons. The predicted octanol–water partition coefficient (Wildman–Crippen LogP) is 2.30. The Bertz CT molecular complexity index is 493. The van der Waals surface area contributed by atoms with Gasteiger partial charge < -0.3 is 10.1 Å². The van der Waals surface area contributed by atoms with Crippen molar-refractivity contribution in [3.8, 4) is 0 Å². The SMILES string of the molecule is CCC(=O)OCc1ccc(NC(=O)C(C)C(C)=O)cc1. The van der Waals surface area contributed by atoms with Crippen LogP contribution in [0.4, 0.5) is 5.69 Å². The van der Waals surface area contributed by atoms with E-state index in [0.29, 0.717) is 12.1 Å². The molecule has 1 aromatic rings. The van der Waals surface area contributed by atoms with Crippen LogP contribution in [0.15, 0.2) is 24.3 Å². The molecule has 0 heterocycles. The molecule has 0 radical (unpaired) electrons. The Morgan fingerprint density at radius 1 is 1.20 bits per heavy atom. The number of carbonyl (C=O) groups is 3. The van der Waals surface area contributed by atoms with Crippen LogP contribution in [0.3, 0.4) is 0 Å². The van der Waals surface area contributed by atoms with E-state index >= 15 is 0 Å². The molecule has 5 nitrogen and oxygen atoms in total. The van der Waals surface area contributed by atoms with E-state index in [-0.39, 0.29) is 24.3 Å². The molecule has 5 heteroatoms. The topological polar surface area (TPSA) is 72.5 Å². The number of nitrogens with one attached hydrogen (secondary N) is 1. The van der Waals surface area contributed by atoms with E-state index in [4.69, 9.17) is 4.74 Å². The molecule has 1 unspecified atom stereocenters. The number of ketones is 1. The first kappa shape index (κ1) is 15.9.